The highest BCUT2D eigenvalue weighted by molar-refractivity contribution is 9.10. The minimum atomic E-state index is -0.441. The Labute approximate surface area is 205 Å². The molecule has 5 rings (SSSR count). The van der Waals surface area contributed by atoms with Crippen molar-refractivity contribution in [1.29, 1.82) is 0 Å². The summed E-state index contributed by atoms with van der Waals surface area (Å²) in [7, 11) is 0. The molecule has 2 unspecified atom stereocenters. The lowest BCUT2D eigenvalue weighted by Crippen LogP contribution is -2.27. The van der Waals surface area contributed by atoms with Crippen LogP contribution in [0.4, 0.5) is 15.8 Å². The number of fused-ring (bicyclic) bond motifs is 1. The van der Waals surface area contributed by atoms with E-state index in [4.69, 9.17) is 4.74 Å². The molecule has 5 nitrogen and oxygen atoms in total. The molecule has 0 amide bonds. The molecular formula is C27H24BrFN2O3. The Kier molecular flexibility index (Phi) is 6.04. The van der Waals surface area contributed by atoms with Gasteiger partial charge in [-0.15, -0.1) is 0 Å². The van der Waals surface area contributed by atoms with Crippen molar-refractivity contribution in [3.63, 3.8) is 0 Å². The molecule has 0 aromatic heterocycles. The van der Waals surface area contributed by atoms with Crippen LogP contribution in [0.5, 0.6) is 11.5 Å². The number of Topliss-reactive ketones (excluding diaryl/α,β-unsaturated/α-hetero) is 1. The molecule has 0 bridgehead atoms. The van der Waals surface area contributed by atoms with E-state index in [0.29, 0.717) is 35.2 Å². The van der Waals surface area contributed by atoms with Crippen molar-refractivity contribution in [2.75, 3.05) is 17.2 Å². The molecule has 2 atom stereocenters. The van der Waals surface area contributed by atoms with Gasteiger partial charge in [0.05, 0.1) is 28.5 Å². The molecule has 1 aliphatic carbocycles. The van der Waals surface area contributed by atoms with Crippen molar-refractivity contribution in [2.45, 2.75) is 31.7 Å². The molecule has 3 aromatic rings. The fraction of sp³-hybridized carbons (Fsp3) is 0.222. The van der Waals surface area contributed by atoms with Crippen LogP contribution in [-0.4, -0.2) is 17.5 Å². The highest BCUT2D eigenvalue weighted by Crippen LogP contribution is 2.46. The van der Waals surface area contributed by atoms with Gasteiger partial charge in [-0.25, -0.2) is 4.39 Å². The van der Waals surface area contributed by atoms with E-state index in [1.165, 1.54) is 12.1 Å². The zero-order valence-corrected chi connectivity index (χ0v) is 20.2. The summed E-state index contributed by atoms with van der Waals surface area (Å²) in [4.78, 5) is 13.6. The molecule has 7 heteroatoms. The largest absolute Gasteiger partial charge is 0.503 e. The zero-order chi connectivity index (χ0) is 23.8. The quantitative estimate of drug-likeness (QED) is 0.356. The zero-order valence-electron chi connectivity index (χ0n) is 18.6. The summed E-state index contributed by atoms with van der Waals surface area (Å²) in [5.41, 5.74) is 5.00. The number of rotatable bonds is 4. The van der Waals surface area contributed by atoms with E-state index >= 15 is 0 Å². The normalized spacial score (nSPS) is 19.4. The number of nitrogens with one attached hydrogen (secondary N) is 2. The SMILES string of the molecule is CCOc1cc(C2Nc3ccccc3NC3=C2C(=O)CC(c2ccc(F)cc2)C3)cc(Br)c1O. The minimum absolute atomic E-state index is 0.0236. The Bertz CT molecular complexity index is 1290. The molecule has 3 aromatic carbocycles. The monoisotopic (exact) mass is 522 g/mol. The van der Waals surface area contributed by atoms with Gasteiger partial charge in [0.1, 0.15) is 5.82 Å². The van der Waals surface area contributed by atoms with Crippen molar-refractivity contribution < 1.29 is 19.0 Å². The van der Waals surface area contributed by atoms with Gasteiger partial charge in [-0.1, -0.05) is 24.3 Å². The van der Waals surface area contributed by atoms with Crippen LogP contribution in [-0.2, 0) is 4.79 Å². The van der Waals surface area contributed by atoms with E-state index in [0.717, 1.165) is 28.2 Å². The standard InChI is InChI=1S/C27H24BrFN2O3/c1-2-34-24-14-17(11-19(28)27(24)33)26-25-22(30-20-5-3-4-6-21(20)31-26)12-16(13-23(25)32)15-7-9-18(29)10-8-15/h3-11,14,16,26,30-31,33H,2,12-13H2,1H3. The Morgan fingerprint density at radius 3 is 2.53 bits per heavy atom. The summed E-state index contributed by atoms with van der Waals surface area (Å²) in [6.07, 6.45) is 0.953. The van der Waals surface area contributed by atoms with Crippen LogP contribution < -0.4 is 15.4 Å². The number of benzene rings is 3. The van der Waals surface area contributed by atoms with Gasteiger partial charge in [-0.3, -0.25) is 4.79 Å². The van der Waals surface area contributed by atoms with Gasteiger partial charge in [-0.2, -0.15) is 0 Å². The number of phenolic OH excluding ortho intramolecular Hbond substituents is 1. The number of hydrogen-bond acceptors (Lipinski definition) is 5. The summed E-state index contributed by atoms with van der Waals surface area (Å²) in [5, 5.41) is 17.5. The van der Waals surface area contributed by atoms with Crippen LogP contribution in [0, 0.1) is 5.82 Å². The van der Waals surface area contributed by atoms with Crippen LogP contribution in [0.1, 0.15) is 42.9 Å². The first-order chi connectivity index (χ1) is 16.4. The summed E-state index contributed by atoms with van der Waals surface area (Å²) in [6, 6.07) is 17.4. The second kappa shape index (κ2) is 9.14. The molecule has 0 saturated carbocycles. The van der Waals surface area contributed by atoms with Crippen LogP contribution in [0.25, 0.3) is 0 Å². The van der Waals surface area contributed by atoms with Crippen LogP contribution >= 0.6 is 15.9 Å². The number of para-hydroxylation sites is 2. The molecule has 3 N–H and O–H groups in total. The Balaban J connectivity index is 1.62. The van der Waals surface area contributed by atoms with E-state index in [1.54, 1.807) is 18.2 Å². The Morgan fingerprint density at radius 2 is 1.79 bits per heavy atom. The maximum absolute atomic E-state index is 13.6. The lowest BCUT2D eigenvalue weighted by molar-refractivity contribution is -0.116. The molecule has 0 saturated heterocycles. The number of anilines is 2. The lowest BCUT2D eigenvalue weighted by Gasteiger charge is -2.30. The van der Waals surface area contributed by atoms with Gasteiger partial charge in [0, 0.05) is 17.7 Å². The fourth-order valence-electron chi connectivity index (χ4n) is 4.74. The van der Waals surface area contributed by atoms with Crippen molar-refractivity contribution in [1.82, 2.24) is 0 Å². The van der Waals surface area contributed by atoms with E-state index in [-0.39, 0.29) is 23.3 Å². The summed E-state index contributed by atoms with van der Waals surface area (Å²) >= 11 is 3.43. The average Bonchev–Trinajstić information content (AvgIpc) is 2.99. The van der Waals surface area contributed by atoms with E-state index in [2.05, 4.69) is 26.6 Å². The number of allylic oxidation sites excluding steroid dienone is 1. The predicted octanol–water partition coefficient (Wildman–Crippen LogP) is 6.67. The van der Waals surface area contributed by atoms with E-state index < -0.39 is 6.04 Å². The van der Waals surface area contributed by atoms with Gasteiger partial charge >= 0.3 is 0 Å². The van der Waals surface area contributed by atoms with Crippen LogP contribution in [0.2, 0.25) is 0 Å². The molecule has 174 valence electrons. The first-order valence-corrected chi connectivity index (χ1v) is 12.0. The van der Waals surface area contributed by atoms with Gasteiger partial charge in [0.25, 0.3) is 0 Å². The van der Waals surface area contributed by atoms with Gasteiger partial charge in [0.15, 0.2) is 17.3 Å². The summed E-state index contributed by atoms with van der Waals surface area (Å²) < 4.78 is 19.6. The second-order valence-corrected chi connectivity index (χ2v) is 9.36. The molecule has 34 heavy (non-hydrogen) atoms. The Hall–Kier alpha value is -3.32. The third-order valence-electron chi connectivity index (χ3n) is 6.33. The first-order valence-electron chi connectivity index (χ1n) is 11.2. The summed E-state index contributed by atoms with van der Waals surface area (Å²) in [5.74, 6) is 0.0676. The van der Waals surface area contributed by atoms with Crippen molar-refractivity contribution in [3.05, 3.63) is 93.4 Å². The third-order valence-corrected chi connectivity index (χ3v) is 6.94. The lowest BCUT2D eigenvalue weighted by atomic mass is 9.78. The number of carbonyl (C=O) groups is 1. The average molecular weight is 523 g/mol. The molecule has 0 spiro atoms. The van der Waals surface area contributed by atoms with E-state index in [1.807, 2.05) is 37.3 Å². The number of aromatic hydroxyl groups is 1. The minimum Gasteiger partial charge on any atom is -0.503 e. The topological polar surface area (TPSA) is 70.6 Å². The molecular weight excluding hydrogens is 499 g/mol. The Morgan fingerprint density at radius 1 is 1.06 bits per heavy atom. The first kappa shape index (κ1) is 22.5. The fourth-order valence-corrected chi connectivity index (χ4v) is 5.20. The highest BCUT2D eigenvalue weighted by Gasteiger charge is 2.36. The maximum Gasteiger partial charge on any atom is 0.172 e. The van der Waals surface area contributed by atoms with Crippen molar-refractivity contribution >= 4 is 33.1 Å². The van der Waals surface area contributed by atoms with Crippen molar-refractivity contribution in [2.24, 2.45) is 0 Å². The number of hydrogen-bond donors (Lipinski definition) is 3. The smallest absolute Gasteiger partial charge is 0.172 e. The highest BCUT2D eigenvalue weighted by atomic mass is 79.9. The van der Waals surface area contributed by atoms with Gasteiger partial charge in [-0.05, 0) is 82.7 Å². The van der Waals surface area contributed by atoms with Crippen LogP contribution in [0.15, 0.2) is 76.4 Å². The molecule has 2 aliphatic rings. The third kappa shape index (κ3) is 4.16. The number of halogens is 2. The number of carbonyl (C=O) groups excluding carboxylic acids is 1. The van der Waals surface area contributed by atoms with Gasteiger partial charge < -0.3 is 20.5 Å². The predicted molar refractivity (Wildman–Crippen MR) is 134 cm³/mol. The number of ketones is 1. The molecule has 0 fully saturated rings. The number of phenols is 1. The van der Waals surface area contributed by atoms with E-state index in [9.17, 15) is 14.3 Å². The summed E-state index contributed by atoms with van der Waals surface area (Å²) in [6.45, 7) is 2.25. The maximum atomic E-state index is 13.6. The second-order valence-electron chi connectivity index (χ2n) is 8.50. The molecule has 1 aliphatic heterocycles. The van der Waals surface area contributed by atoms with Gasteiger partial charge in [0.2, 0.25) is 0 Å². The molecule has 1 heterocycles. The number of ether oxygens (including phenoxy) is 1. The van der Waals surface area contributed by atoms with Crippen LogP contribution in [0.3, 0.4) is 0 Å². The molecule has 0 radical (unpaired) electrons. The van der Waals surface area contributed by atoms with Crippen molar-refractivity contribution in [3.8, 4) is 11.5 Å².